The highest BCUT2D eigenvalue weighted by atomic mass is 14.6. The van der Waals surface area contributed by atoms with Crippen molar-refractivity contribution in [3.05, 3.63) is 42.0 Å². The molecule has 0 aliphatic carbocycles. The molecule has 0 amide bonds. The van der Waals surface area contributed by atoms with Gasteiger partial charge >= 0.3 is 0 Å². The summed E-state index contributed by atoms with van der Waals surface area (Å²) >= 11 is 0. The Bertz CT molecular complexity index is 262. The van der Waals surface area contributed by atoms with Gasteiger partial charge in [0.2, 0.25) is 0 Å². The zero-order valence-corrected chi connectivity index (χ0v) is 7.20. The molecule has 4 N–H and O–H groups in total. The van der Waals surface area contributed by atoms with Crippen molar-refractivity contribution < 1.29 is 0 Å². The van der Waals surface area contributed by atoms with Crippen molar-refractivity contribution in [3.63, 3.8) is 0 Å². The first-order valence-electron chi connectivity index (χ1n) is 3.98. The number of rotatable bonds is 2. The van der Waals surface area contributed by atoms with E-state index in [0.717, 1.165) is 11.3 Å². The van der Waals surface area contributed by atoms with Crippen LogP contribution >= 0.6 is 0 Å². The molecule has 1 rings (SSSR count). The molecule has 0 saturated heterocycles. The summed E-state index contributed by atoms with van der Waals surface area (Å²) in [5.74, 6) is 0. The molecule has 1 aromatic rings. The van der Waals surface area contributed by atoms with E-state index in [9.17, 15) is 0 Å². The van der Waals surface area contributed by atoms with Gasteiger partial charge in [0.15, 0.2) is 0 Å². The SMILES string of the molecule is CC(N)/C=C(\N)c1ccccc1. The Morgan fingerprint density at radius 2 is 1.92 bits per heavy atom. The van der Waals surface area contributed by atoms with Crippen molar-refractivity contribution in [1.82, 2.24) is 0 Å². The molecule has 0 aliphatic heterocycles. The van der Waals surface area contributed by atoms with Crippen LogP contribution in [0.3, 0.4) is 0 Å². The molecule has 0 heterocycles. The summed E-state index contributed by atoms with van der Waals surface area (Å²) in [4.78, 5) is 0. The number of hydrogen-bond donors (Lipinski definition) is 2. The van der Waals surface area contributed by atoms with Crippen molar-refractivity contribution in [3.8, 4) is 0 Å². The minimum absolute atomic E-state index is 0.00482. The van der Waals surface area contributed by atoms with Crippen molar-refractivity contribution >= 4 is 5.70 Å². The summed E-state index contributed by atoms with van der Waals surface area (Å²) in [6.45, 7) is 1.90. The predicted molar refractivity (Wildman–Crippen MR) is 52.3 cm³/mol. The fraction of sp³-hybridized carbons (Fsp3) is 0.200. The average Bonchev–Trinajstić information content (AvgIpc) is 2.05. The van der Waals surface area contributed by atoms with E-state index in [-0.39, 0.29) is 6.04 Å². The normalized spacial score (nSPS) is 14.3. The van der Waals surface area contributed by atoms with Crippen molar-refractivity contribution in [2.45, 2.75) is 13.0 Å². The Morgan fingerprint density at radius 1 is 1.33 bits per heavy atom. The average molecular weight is 162 g/mol. The molecular weight excluding hydrogens is 148 g/mol. The first-order valence-corrected chi connectivity index (χ1v) is 3.98. The molecule has 1 unspecified atom stereocenters. The van der Waals surface area contributed by atoms with Gasteiger partial charge in [-0.15, -0.1) is 0 Å². The Hall–Kier alpha value is -1.28. The molecule has 1 aromatic carbocycles. The lowest BCUT2D eigenvalue weighted by Crippen LogP contribution is -2.13. The van der Waals surface area contributed by atoms with Crippen LogP contribution in [0.25, 0.3) is 5.70 Å². The second kappa shape index (κ2) is 3.93. The third kappa shape index (κ3) is 2.40. The molecule has 0 bridgehead atoms. The summed E-state index contributed by atoms with van der Waals surface area (Å²) in [5, 5.41) is 0. The maximum Gasteiger partial charge on any atom is 0.0362 e. The van der Waals surface area contributed by atoms with Crippen LogP contribution < -0.4 is 11.5 Å². The minimum atomic E-state index is 0.00482. The summed E-state index contributed by atoms with van der Waals surface area (Å²) in [7, 11) is 0. The van der Waals surface area contributed by atoms with Crippen LogP contribution in [0.2, 0.25) is 0 Å². The molecule has 0 fully saturated rings. The molecule has 0 radical (unpaired) electrons. The van der Waals surface area contributed by atoms with Crippen molar-refractivity contribution in [1.29, 1.82) is 0 Å². The molecule has 64 valence electrons. The van der Waals surface area contributed by atoms with E-state index in [1.54, 1.807) is 0 Å². The third-order valence-corrected chi connectivity index (χ3v) is 1.55. The zero-order valence-electron chi connectivity index (χ0n) is 7.20. The van der Waals surface area contributed by atoms with Crippen LogP contribution in [0.4, 0.5) is 0 Å². The smallest absolute Gasteiger partial charge is 0.0362 e. The molecule has 2 heteroatoms. The van der Waals surface area contributed by atoms with Gasteiger partial charge in [-0.2, -0.15) is 0 Å². The highest BCUT2D eigenvalue weighted by Crippen LogP contribution is 2.07. The number of hydrogen-bond acceptors (Lipinski definition) is 2. The maximum absolute atomic E-state index is 5.78. The Labute approximate surface area is 72.9 Å². The summed E-state index contributed by atoms with van der Waals surface area (Å²) < 4.78 is 0. The van der Waals surface area contributed by atoms with Crippen LogP contribution in [0.15, 0.2) is 36.4 Å². The maximum atomic E-state index is 5.78. The fourth-order valence-corrected chi connectivity index (χ4v) is 1.01. The lowest BCUT2D eigenvalue weighted by molar-refractivity contribution is 0.926. The number of benzene rings is 1. The standard InChI is InChI=1S/C10H14N2/c1-8(11)7-10(12)9-5-3-2-4-6-9/h2-8H,11-12H2,1H3/b10-7-. The summed E-state index contributed by atoms with van der Waals surface area (Å²) in [6.07, 6.45) is 1.84. The lowest BCUT2D eigenvalue weighted by Gasteiger charge is -2.02. The molecule has 0 spiro atoms. The summed E-state index contributed by atoms with van der Waals surface area (Å²) in [5.41, 5.74) is 13.1. The minimum Gasteiger partial charge on any atom is -0.398 e. The van der Waals surface area contributed by atoms with E-state index in [0.29, 0.717) is 0 Å². The van der Waals surface area contributed by atoms with Crippen LogP contribution in [0, 0.1) is 0 Å². The molecule has 2 nitrogen and oxygen atoms in total. The highest BCUT2D eigenvalue weighted by molar-refractivity contribution is 5.62. The van der Waals surface area contributed by atoms with E-state index in [1.807, 2.05) is 43.3 Å². The van der Waals surface area contributed by atoms with Gasteiger partial charge in [-0.1, -0.05) is 30.3 Å². The van der Waals surface area contributed by atoms with Gasteiger partial charge in [-0.05, 0) is 18.6 Å². The molecule has 0 saturated carbocycles. The fourth-order valence-electron chi connectivity index (χ4n) is 1.01. The topological polar surface area (TPSA) is 52.0 Å². The van der Waals surface area contributed by atoms with Gasteiger partial charge in [0, 0.05) is 11.7 Å². The van der Waals surface area contributed by atoms with Gasteiger partial charge < -0.3 is 11.5 Å². The zero-order chi connectivity index (χ0) is 8.97. The van der Waals surface area contributed by atoms with E-state index in [4.69, 9.17) is 11.5 Å². The van der Waals surface area contributed by atoms with Crippen molar-refractivity contribution in [2.24, 2.45) is 11.5 Å². The van der Waals surface area contributed by atoms with Gasteiger partial charge in [0.1, 0.15) is 0 Å². The molecule has 12 heavy (non-hydrogen) atoms. The van der Waals surface area contributed by atoms with E-state index in [2.05, 4.69) is 0 Å². The molecule has 0 aliphatic rings. The largest absolute Gasteiger partial charge is 0.398 e. The van der Waals surface area contributed by atoms with Crippen LogP contribution in [-0.4, -0.2) is 6.04 Å². The monoisotopic (exact) mass is 162 g/mol. The quantitative estimate of drug-likeness (QED) is 0.689. The molecular formula is C10H14N2. The third-order valence-electron chi connectivity index (χ3n) is 1.55. The predicted octanol–water partition coefficient (Wildman–Crippen LogP) is 1.33. The Kier molecular flexibility index (Phi) is 2.88. The Balaban J connectivity index is 2.85. The Morgan fingerprint density at radius 3 is 2.42 bits per heavy atom. The first-order chi connectivity index (χ1) is 5.70. The van der Waals surface area contributed by atoms with E-state index in [1.165, 1.54) is 0 Å². The lowest BCUT2D eigenvalue weighted by atomic mass is 10.1. The van der Waals surface area contributed by atoms with E-state index >= 15 is 0 Å². The number of nitrogens with two attached hydrogens (primary N) is 2. The van der Waals surface area contributed by atoms with Gasteiger partial charge in [-0.3, -0.25) is 0 Å². The second-order valence-corrected chi connectivity index (χ2v) is 2.85. The van der Waals surface area contributed by atoms with E-state index < -0.39 is 0 Å². The first kappa shape index (κ1) is 8.81. The van der Waals surface area contributed by atoms with Crippen LogP contribution in [-0.2, 0) is 0 Å². The second-order valence-electron chi connectivity index (χ2n) is 2.85. The highest BCUT2D eigenvalue weighted by Gasteiger charge is 1.95. The molecule has 1 atom stereocenters. The summed E-state index contributed by atoms with van der Waals surface area (Å²) in [6, 6.07) is 9.81. The molecule has 0 aromatic heterocycles. The van der Waals surface area contributed by atoms with Crippen molar-refractivity contribution in [2.75, 3.05) is 0 Å². The van der Waals surface area contributed by atoms with Gasteiger partial charge in [0.05, 0.1) is 0 Å². The van der Waals surface area contributed by atoms with Gasteiger partial charge in [0.25, 0.3) is 0 Å². The van der Waals surface area contributed by atoms with Crippen LogP contribution in [0.1, 0.15) is 12.5 Å². The van der Waals surface area contributed by atoms with Crippen LogP contribution in [0.5, 0.6) is 0 Å². The van der Waals surface area contributed by atoms with Gasteiger partial charge in [-0.25, -0.2) is 0 Å².